The Morgan fingerprint density at radius 1 is 0.964 bits per heavy atom. The molecule has 150 valence electrons. The number of nitrogens with one attached hydrogen (secondary N) is 2. The summed E-state index contributed by atoms with van der Waals surface area (Å²) in [6.07, 6.45) is 2.13. The Labute approximate surface area is 166 Å². The minimum Gasteiger partial charge on any atom is -0.494 e. The first kappa shape index (κ1) is 21.3. The van der Waals surface area contributed by atoms with Gasteiger partial charge in [-0.3, -0.25) is 9.59 Å². The maximum Gasteiger partial charge on any atom is 0.243 e. The highest BCUT2D eigenvalue weighted by Gasteiger charge is 2.06. The lowest BCUT2D eigenvalue weighted by atomic mass is 10.1. The number of hydrogen-bond donors (Lipinski definition) is 2. The number of carbonyl (C=O) groups is 2. The van der Waals surface area contributed by atoms with Gasteiger partial charge >= 0.3 is 0 Å². The molecule has 0 unspecified atom stereocenters. The van der Waals surface area contributed by atoms with Crippen molar-refractivity contribution in [1.82, 2.24) is 4.90 Å². The number of benzene rings is 2. The molecular formula is C22H29N3O3. The molecular weight excluding hydrogens is 354 g/mol. The minimum absolute atomic E-state index is 0.105. The van der Waals surface area contributed by atoms with Crippen LogP contribution in [0.3, 0.4) is 0 Å². The SMILES string of the molecule is CCCOc1ccc(NCC(=O)Nc2ccc(CCC(=O)N(C)C)cc2)cc1. The van der Waals surface area contributed by atoms with Gasteiger partial charge in [0.2, 0.25) is 11.8 Å². The van der Waals surface area contributed by atoms with Gasteiger partial charge in [-0.1, -0.05) is 19.1 Å². The van der Waals surface area contributed by atoms with Crippen molar-refractivity contribution in [3.8, 4) is 5.75 Å². The Balaban J connectivity index is 1.75. The summed E-state index contributed by atoms with van der Waals surface area (Å²) in [4.78, 5) is 25.3. The summed E-state index contributed by atoms with van der Waals surface area (Å²) in [5.74, 6) is 0.805. The van der Waals surface area contributed by atoms with E-state index in [0.29, 0.717) is 19.4 Å². The first-order valence-electron chi connectivity index (χ1n) is 9.53. The Bertz CT molecular complexity index is 756. The van der Waals surface area contributed by atoms with Crippen LogP contribution in [0.15, 0.2) is 48.5 Å². The lowest BCUT2D eigenvalue weighted by molar-refractivity contribution is -0.128. The van der Waals surface area contributed by atoms with Gasteiger partial charge in [0.15, 0.2) is 0 Å². The molecule has 6 heteroatoms. The molecule has 2 rings (SSSR count). The van der Waals surface area contributed by atoms with Crippen molar-refractivity contribution in [3.05, 3.63) is 54.1 Å². The zero-order chi connectivity index (χ0) is 20.4. The van der Waals surface area contributed by atoms with Crippen LogP contribution in [0.5, 0.6) is 5.75 Å². The van der Waals surface area contributed by atoms with E-state index < -0.39 is 0 Å². The highest BCUT2D eigenvalue weighted by Crippen LogP contribution is 2.16. The van der Waals surface area contributed by atoms with Gasteiger partial charge in [0.05, 0.1) is 13.2 Å². The van der Waals surface area contributed by atoms with Crippen molar-refractivity contribution in [2.24, 2.45) is 0 Å². The molecule has 2 aromatic carbocycles. The fourth-order valence-corrected chi connectivity index (χ4v) is 2.51. The predicted octanol–water partition coefficient (Wildman–Crippen LogP) is 3.55. The van der Waals surface area contributed by atoms with Gasteiger partial charge in [0.1, 0.15) is 5.75 Å². The second kappa shape index (κ2) is 11.0. The molecule has 0 spiro atoms. The second-order valence-corrected chi connectivity index (χ2v) is 6.76. The van der Waals surface area contributed by atoms with E-state index >= 15 is 0 Å². The maximum atomic E-state index is 12.1. The summed E-state index contributed by atoms with van der Waals surface area (Å²) in [5.41, 5.74) is 2.66. The summed E-state index contributed by atoms with van der Waals surface area (Å²) in [5, 5.41) is 5.95. The van der Waals surface area contributed by atoms with Crippen molar-refractivity contribution < 1.29 is 14.3 Å². The van der Waals surface area contributed by atoms with Crippen LogP contribution in [0.1, 0.15) is 25.3 Å². The lowest BCUT2D eigenvalue weighted by Gasteiger charge is -2.11. The number of rotatable bonds is 10. The third-order valence-electron chi connectivity index (χ3n) is 4.14. The molecule has 0 aliphatic carbocycles. The van der Waals surface area contributed by atoms with Crippen molar-refractivity contribution >= 4 is 23.2 Å². The number of ether oxygens (including phenoxy) is 1. The molecule has 6 nitrogen and oxygen atoms in total. The Kier molecular flexibility index (Phi) is 8.34. The van der Waals surface area contributed by atoms with E-state index in [2.05, 4.69) is 17.6 Å². The van der Waals surface area contributed by atoms with Crippen molar-refractivity contribution in [3.63, 3.8) is 0 Å². The van der Waals surface area contributed by atoms with E-state index in [9.17, 15) is 9.59 Å². The van der Waals surface area contributed by atoms with Crippen LogP contribution in [0.25, 0.3) is 0 Å². The lowest BCUT2D eigenvalue weighted by Crippen LogP contribution is -2.22. The topological polar surface area (TPSA) is 70.7 Å². The number of aryl methyl sites for hydroxylation is 1. The van der Waals surface area contributed by atoms with Crippen LogP contribution in [-0.4, -0.2) is 44.0 Å². The van der Waals surface area contributed by atoms with E-state index in [4.69, 9.17) is 4.74 Å². The summed E-state index contributed by atoms with van der Waals surface area (Å²) in [6.45, 7) is 2.93. The summed E-state index contributed by atoms with van der Waals surface area (Å²) in [6, 6.07) is 15.1. The first-order chi connectivity index (χ1) is 13.5. The van der Waals surface area contributed by atoms with E-state index in [1.54, 1.807) is 19.0 Å². The summed E-state index contributed by atoms with van der Waals surface area (Å²) < 4.78 is 5.54. The van der Waals surface area contributed by atoms with E-state index in [1.807, 2.05) is 48.5 Å². The normalized spacial score (nSPS) is 10.2. The molecule has 2 amide bonds. The van der Waals surface area contributed by atoms with Gasteiger partial charge in [-0.2, -0.15) is 0 Å². The fraction of sp³-hybridized carbons (Fsp3) is 0.364. The molecule has 0 aliphatic heterocycles. The number of anilines is 2. The molecule has 0 fully saturated rings. The van der Waals surface area contributed by atoms with Gasteiger partial charge in [-0.05, 0) is 54.8 Å². The molecule has 0 atom stereocenters. The van der Waals surface area contributed by atoms with Crippen molar-refractivity contribution in [2.75, 3.05) is 37.9 Å². The largest absolute Gasteiger partial charge is 0.494 e. The van der Waals surface area contributed by atoms with Crippen LogP contribution in [0, 0.1) is 0 Å². The van der Waals surface area contributed by atoms with Crippen LogP contribution in [0.4, 0.5) is 11.4 Å². The zero-order valence-corrected chi connectivity index (χ0v) is 16.8. The molecule has 0 saturated heterocycles. The van der Waals surface area contributed by atoms with Gasteiger partial charge in [0.25, 0.3) is 0 Å². The standard InChI is InChI=1S/C22H29N3O3/c1-4-15-28-20-12-10-18(11-13-20)23-16-21(26)24-19-8-5-17(6-9-19)7-14-22(27)25(2)3/h5-6,8-13,23H,4,7,14-16H2,1-3H3,(H,24,26). The number of carbonyl (C=O) groups excluding carboxylic acids is 2. The highest BCUT2D eigenvalue weighted by atomic mass is 16.5. The monoisotopic (exact) mass is 383 g/mol. The average Bonchev–Trinajstić information content (AvgIpc) is 2.70. The maximum absolute atomic E-state index is 12.1. The fourth-order valence-electron chi connectivity index (χ4n) is 2.51. The third-order valence-corrected chi connectivity index (χ3v) is 4.14. The third kappa shape index (κ3) is 7.31. The molecule has 2 N–H and O–H groups in total. The minimum atomic E-state index is -0.123. The van der Waals surface area contributed by atoms with Gasteiger partial charge in [0, 0.05) is 31.9 Å². The van der Waals surface area contributed by atoms with Crippen LogP contribution < -0.4 is 15.4 Å². The van der Waals surface area contributed by atoms with E-state index in [1.165, 1.54) is 0 Å². The molecule has 0 aliphatic rings. The molecule has 0 saturated carbocycles. The smallest absolute Gasteiger partial charge is 0.243 e. The predicted molar refractivity (Wildman–Crippen MR) is 113 cm³/mol. The van der Waals surface area contributed by atoms with Gasteiger partial charge in [-0.15, -0.1) is 0 Å². The zero-order valence-electron chi connectivity index (χ0n) is 16.8. The molecule has 2 aromatic rings. The number of amides is 2. The summed E-state index contributed by atoms with van der Waals surface area (Å²) >= 11 is 0. The summed E-state index contributed by atoms with van der Waals surface area (Å²) in [7, 11) is 3.51. The van der Waals surface area contributed by atoms with Crippen molar-refractivity contribution in [1.29, 1.82) is 0 Å². The quantitative estimate of drug-likeness (QED) is 0.658. The molecule has 0 radical (unpaired) electrons. The number of nitrogens with zero attached hydrogens (tertiary/aromatic N) is 1. The molecule has 0 aromatic heterocycles. The average molecular weight is 383 g/mol. The van der Waals surface area contributed by atoms with E-state index in [0.717, 1.165) is 29.1 Å². The van der Waals surface area contributed by atoms with Crippen molar-refractivity contribution in [2.45, 2.75) is 26.2 Å². The Morgan fingerprint density at radius 2 is 1.61 bits per heavy atom. The number of hydrogen-bond acceptors (Lipinski definition) is 4. The van der Waals surface area contributed by atoms with E-state index in [-0.39, 0.29) is 18.4 Å². The van der Waals surface area contributed by atoms with Crippen LogP contribution in [-0.2, 0) is 16.0 Å². The Hall–Kier alpha value is -3.02. The molecule has 0 heterocycles. The van der Waals surface area contributed by atoms with Crippen LogP contribution >= 0.6 is 0 Å². The first-order valence-corrected chi connectivity index (χ1v) is 9.53. The second-order valence-electron chi connectivity index (χ2n) is 6.76. The van der Waals surface area contributed by atoms with Gasteiger partial charge in [-0.25, -0.2) is 0 Å². The molecule has 0 bridgehead atoms. The Morgan fingerprint density at radius 3 is 2.21 bits per heavy atom. The van der Waals surface area contributed by atoms with Crippen LogP contribution in [0.2, 0.25) is 0 Å². The van der Waals surface area contributed by atoms with Gasteiger partial charge < -0.3 is 20.3 Å². The highest BCUT2D eigenvalue weighted by molar-refractivity contribution is 5.93. The molecule has 28 heavy (non-hydrogen) atoms.